The van der Waals surface area contributed by atoms with Crippen LogP contribution in [0.5, 0.6) is 0 Å². The Morgan fingerprint density at radius 1 is 0.952 bits per heavy atom. The van der Waals surface area contributed by atoms with Gasteiger partial charge in [0.15, 0.2) is 0 Å². The third-order valence-corrected chi connectivity index (χ3v) is 3.93. The summed E-state index contributed by atoms with van der Waals surface area (Å²) < 4.78 is 0.151. The summed E-state index contributed by atoms with van der Waals surface area (Å²) in [4.78, 5) is 0. The lowest BCUT2D eigenvalue weighted by Gasteiger charge is -2.35. The Bertz CT molecular complexity index is 407. The molecule has 1 unspecified atom stereocenters. The van der Waals surface area contributed by atoms with Crippen LogP contribution in [0, 0.1) is 0 Å². The zero-order chi connectivity index (χ0) is 16.0. The minimum absolute atomic E-state index is 0.0464. The van der Waals surface area contributed by atoms with Gasteiger partial charge >= 0.3 is 0 Å². The Labute approximate surface area is 126 Å². The predicted octanol–water partition coefficient (Wildman–Crippen LogP) is 0.768. The topological polar surface area (TPSA) is 80.9 Å². The first-order valence-electron chi connectivity index (χ1n) is 7.40. The van der Waals surface area contributed by atoms with Gasteiger partial charge in [0.2, 0.25) is 12.6 Å². The van der Waals surface area contributed by atoms with Crippen LogP contribution in [0.2, 0.25) is 0 Å². The van der Waals surface area contributed by atoms with E-state index in [0.29, 0.717) is 12.5 Å². The lowest BCUT2D eigenvalue weighted by Crippen LogP contribution is -2.52. The molecule has 1 aromatic rings. The summed E-state index contributed by atoms with van der Waals surface area (Å²) >= 11 is 0. The standard InChI is InChI=1S/C16H28NO4/c1-4-12(2)14-7-5-13(6-8-14)9-17(3,10-15(18)19)11-16(20)21/h5-8,12,15-16,18-21H,4,9-11H2,1-3H3/q+1. The fourth-order valence-electron chi connectivity index (χ4n) is 2.62. The molecule has 0 aliphatic heterocycles. The van der Waals surface area contributed by atoms with Crippen LogP contribution < -0.4 is 0 Å². The van der Waals surface area contributed by atoms with Gasteiger partial charge in [0, 0.05) is 5.56 Å². The number of likely N-dealkylation sites (N-methyl/N-ethyl adjacent to an activating group) is 1. The largest absolute Gasteiger partial charge is 0.364 e. The molecule has 5 nitrogen and oxygen atoms in total. The van der Waals surface area contributed by atoms with E-state index in [0.717, 1.165) is 12.0 Å². The summed E-state index contributed by atoms with van der Waals surface area (Å²) in [6.07, 6.45) is -1.87. The maximum Gasteiger partial charge on any atom is 0.202 e. The number of hydrogen-bond donors (Lipinski definition) is 4. The van der Waals surface area contributed by atoms with E-state index in [1.165, 1.54) is 5.56 Å². The summed E-state index contributed by atoms with van der Waals surface area (Å²) in [7, 11) is 1.78. The van der Waals surface area contributed by atoms with E-state index in [1.54, 1.807) is 7.05 Å². The van der Waals surface area contributed by atoms with E-state index in [1.807, 2.05) is 12.1 Å². The Morgan fingerprint density at radius 3 is 1.81 bits per heavy atom. The highest BCUT2D eigenvalue weighted by atomic mass is 16.5. The zero-order valence-electron chi connectivity index (χ0n) is 13.1. The molecule has 0 amide bonds. The van der Waals surface area contributed by atoms with Crippen molar-refractivity contribution in [2.75, 3.05) is 20.1 Å². The fraction of sp³-hybridized carbons (Fsp3) is 0.625. The average molecular weight is 298 g/mol. The first kappa shape index (κ1) is 18.1. The summed E-state index contributed by atoms with van der Waals surface area (Å²) in [5.41, 5.74) is 2.31. The average Bonchev–Trinajstić information content (AvgIpc) is 2.36. The highest BCUT2D eigenvalue weighted by molar-refractivity contribution is 5.24. The van der Waals surface area contributed by atoms with Crippen LogP contribution in [0.15, 0.2) is 24.3 Å². The van der Waals surface area contributed by atoms with Crippen LogP contribution in [-0.2, 0) is 6.54 Å². The van der Waals surface area contributed by atoms with Crippen molar-refractivity contribution in [2.45, 2.75) is 45.3 Å². The van der Waals surface area contributed by atoms with E-state index < -0.39 is 12.6 Å². The monoisotopic (exact) mass is 298 g/mol. The van der Waals surface area contributed by atoms with Crippen LogP contribution in [0.1, 0.15) is 37.3 Å². The Hall–Kier alpha value is -0.980. The van der Waals surface area contributed by atoms with E-state index in [9.17, 15) is 20.4 Å². The molecule has 0 saturated heterocycles. The third-order valence-electron chi connectivity index (χ3n) is 3.93. The van der Waals surface area contributed by atoms with Gasteiger partial charge < -0.3 is 24.9 Å². The van der Waals surface area contributed by atoms with Crippen LogP contribution in [0.25, 0.3) is 0 Å². The normalized spacial score (nSPS) is 14.0. The molecular formula is C16H28NO4+. The van der Waals surface area contributed by atoms with Gasteiger partial charge in [-0.2, -0.15) is 0 Å². The molecule has 0 aliphatic rings. The molecule has 1 aromatic carbocycles. The maximum absolute atomic E-state index is 9.20. The summed E-state index contributed by atoms with van der Waals surface area (Å²) in [6, 6.07) is 8.20. The van der Waals surface area contributed by atoms with Crippen molar-refractivity contribution in [3.63, 3.8) is 0 Å². The number of quaternary nitrogens is 1. The van der Waals surface area contributed by atoms with Crippen LogP contribution in [-0.4, -0.2) is 57.6 Å². The number of hydrogen-bond acceptors (Lipinski definition) is 4. The molecule has 0 bridgehead atoms. The SMILES string of the molecule is CCC(C)c1ccc(C[N+](C)(CC(O)O)CC(O)O)cc1. The quantitative estimate of drug-likeness (QED) is 0.422. The van der Waals surface area contributed by atoms with Gasteiger partial charge in [-0.15, -0.1) is 0 Å². The van der Waals surface area contributed by atoms with Crippen molar-refractivity contribution in [3.05, 3.63) is 35.4 Å². The van der Waals surface area contributed by atoms with Gasteiger partial charge in [-0.1, -0.05) is 38.1 Å². The number of aliphatic hydroxyl groups is 4. The smallest absolute Gasteiger partial charge is 0.202 e. The minimum atomic E-state index is -1.48. The number of rotatable bonds is 8. The molecule has 0 saturated carbocycles. The highest BCUT2D eigenvalue weighted by Gasteiger charge is 2.27. The lowest BCUT2D eigenvalue weighted by atomic mass is 9.97. The third kappa shape index (κ3) is 6.11. The molecule has 0 radical (unpaired) electrons. The number of nitrogens with zero attached hydrogens (tertiary/aromatic N) is 1. The molecular weight excluding hydrogens is 270 g/mol. The Morgan fingerprint density at radius 2 is 1.43 bits per heavy atom. The van der Waals surface area contributed by atoms with Gasteiger partial charge in [0.05, 0.1) is 7.05 Å². The molecule has 1 atom stereocenters. The molecule has 0 aromatic heterocycles. The second-order valence-electron chi connectivity index (χ2n) is 6.15. The minimum Gasteiger partial charge on any atom is -0.364 e. The lowest BCUT2D eigenvalue weighted by molar-refractivity contribution is -0.932. The fourth-order valence-corrected chi connectivity index (χ4v) is 2.62. The summed E-state index contributed by atoms with van der Waals surface area (Å²) in [6.45, 7) is 4.93. The molecule has 120 valence electrons. The zero-order valence-corrected chi connectivity index (χ0v) is 13.1. The summed E-state index contributed by atoms with van der Waals surface area (Å²) in [5.74, 6) is 0.512. The van der Waals surface area contributed by atoms with E-state index >= 15 is 0 Å². The highest BCUT2D eigenvalue weighted by Crippen LogP contribution is 2.20. The molecule has 4 N–H and O–H groups in total. The molecule has 0 heterocycles. The Balaban J connectivity index is 2.83. The van der Waals surface area contributed by atoms with Crippen LogP contribution in [0.4, 0.5) is 0 Å². The first-order chi connectivity index (χ1) is 9.75. The molecule has 5 heteroatoms. The van der Waals surface area contributed by atoms with Crippen molar-refractivity contribution in [1.82, 2.24) is 0 Å². The van der Waals surface area contributed by atoms with Crippen LogP contribution in [0.3, 0.4) is 0 Å². The van der Waals surface area contributed by atoms with E-state index in [2.05, 4.69) is 26.0 Å². The number of benzene rings is 1. The second kappa shape index (κ2) is 7.87. The first-order valence-corrected chi connectivity index (χ1v) is 7.40. The van der Waals surface area contributed by atoms with Crippen LogP contribution >= 0.6 is 0 Å². The molecule has 21 heavy (non-hydrogen) atoms. The van der Waals surface area contributed by atoms with Crippen molar-refractivity contribution in [2.24, 2.45) is 0 Å². The second-order valence-corrected chi connectivity index (χ2v) is 6.15. The van der Waals surface area contributed by atoms with Gasteiger partial charge in [-0.3, -0.25) is 0 Å². The van der Waals surface area contributed by atoms with Crippen molar-refractivity contribution in [1.29, 1.82) is 0 Å². The van der Waals surface area contributed by atoms with Crippen molar-refractivity contribution >= 4 is 0 Å². The predicted molar refractivity (Wildman–Crippen MR) is 81.2 cm³/mol. The van der Waals surface area contributed by atoms with Gasteiger partial charge in [0.1, 0.15) is 19.6 Å². The molecule has 0 aliphatic carbocycles. The van der Waals surface area contributed by atoms with Crippen molar-refractivity contribution in [3.8, 4) is 0 Å². The van der Waals surface area contributed by atoms with E-state index in [-0.39, 0.29) is 17.6 Å². The summed E-state index contributed by atoms with van der Waals surface area (Å²) in [5, 5.41) is 36.8. The van der Waals surface area contributed by atoms with E-state index in [4.69, 9.17) is 0 Å². The van der Waals surface area contributed by atoms with Gasteiger partial charge in [-0.25, -0.2) is 0 Å². The number of aliphatic hydroxyl groups excluding tert-OH is 2. The molecule has 0 spiro atoms. The van der Waals surface area contributed by atoms with Crippen molar-refractivity contribution < 1.29 is 24.9 Å². The molecule has 1 rings (SSSR count). The van der Waals surface area contributed by atoms with Gasteiger partial charge in [-0.05, 0) is 17.9 Å². The van der Waals surface area contributed by atoms with Gasteiger partial charge in [0.25, 0.3) is 0 Å². The Kier molecular flexibility index (Phi) is 6.77. The molecule has 0 fully saturated rings. The maximum atomic E-state index is 9.20.